The lowest BCUT2D eigenvalue weighted by molar-refractivity contribution is -0.138. The van der Waals surface area contributed by atoms with Crippen LogP contribution in [0.25, 0.3) is 0 Å². The first-order valence-corrected chi connectivity index (χ1v) is 7.63. The van der Waals surface area contributed by atoms with Crippen LogP contribution in [0.4, 0.5) is 13.2 Å². The Bertz CT molecular complexity index is 566. The van der Waals surface area contributed by atoms with Crippen molar-refractivity contribution in [1.82, 2.24) is 10.2 Å². The zero-order valence-corrected chi connectivity index (χ0v) is 13.3. The second-order valence-corrected chi connectivity index (χ2v) is 5.85. The minimum absolute atomic E-state index is 0.0670. The molecule has 2 rings (SSSR count). The van der Waals surface area contributed by atoms with Crippen LogP contribution in [0.1, 0.15) is 17.5 Å². The maximum Gasteiger partial charge on any atom is 0.416 e. The molecular weight excluding hydrogens is 325 g/mol. The van der Waals surface area contributed by atoms with Crippen LogP contribution in [0.3, 0.4) is 0 Å². The number of aliphatic hydroxyl groups is 1. The fraction of sp³-hybridized carbons (Fsp3) is 0.562. The summed E-state index contributed by atoms with van der Waals surface area (Å²) < 4.78 is 44.0. The summed E-state index contributed by atoms with van der Waals surface area (Å²) in [6.45, 7) is 0.201. The Hall–Kier alpha value is -1.64. The zero-order valence-electron chi connectivity index (χ0n) is 13.3. The van der Waals surface area contributed by atoms with Crippen molar-refractivity contribution in [3.05, 3.63) is 35.4 Å². The third-order valence-corrected chi connectivity index (χ3v) is 4.08. The lowest BCUT2D eigenvalue weighted by Gasteiger charge is -2.24. The molecular formula is C16H21F3N2O3. The zero-order chi connectivity index (χ0) is 17.7. The van der Waals surface area contributed by atoms with Crippen molar-refractivity contribution in [1.29, 1.82) is 0 Å². The molecule has 0 spiro atoms. The van der Waals surface area contributed by atoms with E-state index in [0.717, 1.165) is 6.07 Å². The molecule has 0 unspecified atom stereocenters. The van der Waals surface area contributed by atoms with Crippen molar-refractivity contribution < 1.29 is 27.8 Å². The van der Waals surface area contributed by atoms with E-state index in [1.165, 1.54) is 19.2 Å². The molecule has 1 aromatic carbocycles. The molecule has 5 nitrogen and oxygen atoms in total. The molecule has 24 heavy (non-hydrogen) atoms. The van der Waals surface area contributed by atoms with Gasteiger partial charge in [-0.05, 0) is 18.1 Å². The lowest BCUT2D eigenvalue weighted by atomic mass is 10.1. The van der Waals surface area contributed by atoms with Gasteiger partial charge in [-0.1, -0.05) is 18.2 Å². The van der Waals surface area contributed by atoms with Crippen molar-refractivity contribution in [2.45, 2.75) is 31.2 Å². The Morgan fingerprint density at radius 1 is 1.42 bits per heavy atom. The monoisotopic (exact) mass is 346 g/mol. The van der Waals surface area contributed by atoms with Gasteiger partial charge in [0.05, 0.1) is 12.2 Å². The summed E-state index contributed by atoms with van der Waals surface area (Å²) >= 11 is 0. The molecule has 0 saturated carbocycles. The molecule has 1 aromatic rings. The first-order valence-electron chi connectivity index (χ1n) is 7.63. The molecule has 1 heterocycles. The Labute approximate surface area is 138 Å². The van der Waals surface area contributed by atoms with E-state index in [-0.39, 0.29) is 43.3 Å². The number of alkyl halides is 3. The fourth-order valence-corrected chi connectivity index (χ4v) is 3.03. The number of benzene rings is 1. The van der Waals surface area contributed by atoms with Gasteiger partial charge in [-0.3, -0.25) is 9.69 Å². The van der Waals surface area contributed by atoms with E-state index in [1.807, 2.05) is 0 Å². The second-order valence-electron chi connectivity index (χ2n) is 5.85. The van der Waals surface area contributed by atoms with Crippen LogP contribution in [0.2, 0.25) is 0 Å². The van der Waals surface area contributed by atoms with Crippen molar-refractivity contribution in [3.63, 3.8) is 0 Å². The van der Waals surface area contributed by atoms with Crippen LogP contribution in [-0.2, 0) is 22.3 Å². The number of hydrogen-bond acceptors (Lipinski definition) is 4. The standard InChI is InChI=1S/C16H21F3N2O3/c1-24-10-15(23)20-12-6-13(9-22)21(8-12)7-11-4-2-3-5-14(11)16(17,18)19/h2-5,12-13,22H,6-10H2,1H3,(H,20,23)/t12-,13-/m0/s1. The highest BCUT2D eigenvalue weighted by atomic mass is 19.4. The molecule has 134 valence electrons. The van der Waals surface area contributed by atoms with Crippen LogP contribution in [-0.4, -0.2) is 54.9 Å². The molecule has 1 saturated heterocycles. The summed E-state index contributed by atoms with van der Waals surface area (Å²) in [5, 5.41) is 12.3. The number of halogens is 3. The second kappa shape index (κ2) is 7.96. The number of aliphatic hydroxyl groups excluding tert-OH is 1. The SMILES string of the molecule is COCC(=O)N[C@H]1C[C@@H](CO)N(Cc2ccccc2C(F)(F)F)C1. The predicted molar refractivity (Wildman–Crippen MR) is 81.2 cm³/mol. The normalized spacial score (nSPS) is 21.9. The number of nitrogens with one attached hydrogen (secondary N) is 1. The quantitative estimate of drug-likeness (QED) is 0.818. The summed E-state index contributed by atoms with van der Waals surface area (Å²) in [5.41, 5.74) is -0.513. The Morgan fingerprint density at radius 3 is 2.75 bits per heavy atom. The van der Waals surface area contributed by atoms with Crippen LogP contribution in [0, 0.1) is 0 Å². The van der Waals surface area contributed by atoms with Crippen LogP contribution < -0.4 is 5.32 Å². The number of nitrogens with zero attached hydrogens (tertiary/aromatic N) is 1. The first kappa shape index (κ1) is 18.7. The number of methoxy groups -OCH3 is 1. The van der Waals surface area contributed by atoms with Gasteiger partial charge in [-0.15, -0.1) is 0 Å². The van der Waals surface area contributed by atoms with Gasteiger partial charge in [-0.2, -0.15) is 13.2 Å². The van der Waals surface area contributed by atoms with Gasteiger partial charge in [0.2, 0.25) is 5.91 Å². The van der Waals surface area contributed by atoms with E-state index in [1.54, 1.807) is 11.0 Å². The number of rotatable bonds is 6. The molecule has 0 aromatic heterocycles. The molecule has 2 N–H and O–H groups in total. The molecule has 1 aliphatic heterocycles. The summed E-state index contributed by atoms with van der Waals surface area (Å²) in [5.74, 6) is -0.281. The van der Waals surface area contributed by atoms with E-state index in [0.29, 0.717) is 13.0 Å². The van der Waals surface area contributed by atoms with Crippen molar-refractivity contribution in [2.24, 2.45) is 0 Å². The molecule has 2 atom stereocenters. The Balaban J connectivity index is 2.08. The number of hydrogen-bond donors (Lipinski definition) is 2. The van der Waals surface area contributed by atoms with Gasteiger partial charge >= 0.3 is 6.18 Å². The summed E-state index contributed by atoms with van der Waals surface area (Å²) in [6.07, 6.45) is -3.93. The molecule has 1 fully saturated rings. The molecule has 0 radical (unpaired) electrons. The molecule has 0 aliphatic carbocycles. The van der Waals surface area contributed by atoms with Gasteiger partial charge < -0.3 is 15.2 Å². The van der Waals surface area contributed by atoms with Gasteiger partial charge in [0.1, 0.15) is 6.61 Å². The first-order chi connectivity index (χ1) is 11.3. The van der Waals surface area contributed by atoms with Gasteiger partial charge in [-0.25, -0.2) is 0 Å². The van der Waals surface area contributed by atoms with Gasteiger partial charge in [0, 0.05) is 32.3 Å². The van der Waals surface area contributed by atoms with E-state index in [9.17, 15) is 23.1 Å². The fourth-order valence-electron chi connectivity index (χ4n) is 3.03. The van der Waals surface area contributed by atoms with Crippen LogP contribution in [0.15, 0.2) is 24.3 Å². The van der Waals surface area contributed by atoms with Crippen LogP contribution >= 0.6 is 0 Å². The molecule has 1 amide bonds. The summed E-state index contributed by atoms with van der Waals surface area (Å²) in [7, 11) is 1.41. The smallest absolute Gasteiger partial charge is 0.395 e. The number of likely N-dealkylation sites (tertiary alicyclic amines) is 1. The van der Waals surface area contributed by atoms with Crippen molar-refractivity contribution in [3.8, 4) is 0 Å². The Kier molecular flexibility index (Phi) is 6.20. The van der Waals surface area contributed by atoms with Crippen molar-refractivity contribution in [2.75, 3.05) is 26.9 Å². The van der Waals surface area contributed by atoms with Crippen LogP contribution in [0.5, 0.6) is 0 Å². The highest BCUT2D eigenvalue weighted by molar-refractivity contribution is 5.77. The number of carbonyl (C=O) groups is 1. The van der Waals surface area contributed by atoms with Gasteiger partial charge in [0.25, 0.3) is 0 Å². The largest absolute Gasteiger partial charge is 0.416 e. The summed E-state index contributed by atoms with van der Waals surface area (Å²) in [6, 6.07) is 4.90. The van der Waals surface area contributed by atoms with Crippen molar-refractivity contribution >= 4 is 5.91 Å². The van der Waals surface area contributed by atoms with E-state index >= 15 is 0 Å². The molecule has 1 aliphatic rings. The summed E-state index contributed by atoms with van der Waals surface area (Å²) in [4.78, 5) is 13.3. The highest BCUT2D eigenvalue weighted by Gasteiger charge is 2.36. The molecule has 0 bridgehead atoms. The van der Waals surface area contributed by atoms with E-state index < -0.39 is 11.7 Å². The lowest BCUT2D eigenvalue weighted by Crippen LogP contribution is -2.39. The third-order valence-electron chi connectivity index (χ3n) is 4.08. The third kappa shape index (κ3) is 4.68. The average Bonchev–Trinajstić information content (AvgIpc) is 2.88. The molecule has 8 heteroatoms. The topological polar surface area (TPSA) is 61.8 Å². The maximum atomic E-state index is 13.1. The maximum absolute atomic E-state index is 13.1. The Morgan fingerprint density at radius 2 is 2.12 bits per heavy atom. The minimum atomic E-state index is -4.42. The highest BCUT2D eigenvalue weighted by Crippen LogP contribution is 2.33. The predicted octanol–water partition coefficient (Wildman–Crippen LogP) is 1.40. The number of amides is 1. The number of ether oxygens (including phenoxy) is 1. The van der Waals surface area contributed by atoms with Gasteiger partial charge in [0.15, 0.2) is 0 Å². The number of carbonyl (C=O) groups excluding carboxylic acids is 1. The van der Waals surface area contributed by atoms with E-state index in [4.69, 9.17) is 4.74 Å². The average molecular weight is 346 g/mol. The van der Waals surface area contributed by atoms with E-state index in [2.05, 4.69) is 5.32 Å². The minimum Gasteiger partial charge on any atom is -0.395 e.